The van der Waals surface area contributed by atoms with Crippen LogP contribution >= 0.6 is 0 Å². The van der Waals surface area contributed by atoms with Gasteiger partial charge in [-0.2, -0.15) is 0 Å². The zero-order valence-corrected chi connectivity index (χ0v) is 12.1. The van der Waals surface area contributed by atoms with Gasteiger partial charge < -0.3 is 9.26 Å². The molecule has 0 aliphatic carbocycles. The van der Waals surface area contributed by atoms with Crippen molar-refractivity contribution >= 4 is 9.84 Å². The molecule has 0 amide bonds. The average molecular weight is 288 g/mol. The summed E-state index contributed by atoms with van der Waals surface area (Å²) in [6, 6.07) is 1.93. The smallest absolute Gasteiger partial charge is 0.151 e. The zero-order chi connectivity index (χ0) is 13.9. The number of sulfone groups is 1. The van der Waals surface area contributed by atoms with Gasteiger partial charge in [-0.3, -0.25) is 4.90 Å². The lowest BCUT2D eigenvalue weighted by atomic mass is 10.2. The van der Waals surface area contributed by atoms with Crippen LogP contribution in [0.2, 0.25) is 0 Å². The number of ether oxygens (including phenoxy) is 1. The first-order valence-corrected chi connectivity index (χ1v) is 8.18. The Morgan fingerprint density at radius 1 is 1.58 bits per heavy atom. The van der Waals surface area contributed by atoms with E-state index < -0.39 is 9.84 Å². The summed E-state index contributed by atoms with van der Waals surface area (Å²) in [4.78, 5) is 2.11. The molecule has 1 atom stereocenters. The van der Waals surface area contributed by atoms with Crippen LogP contribution in [0.3, 0.4) is 0 Å². The van der Waals surface area contributed by atoms with Gasteiger partial charge in [0.25, 0.3) is 0 Å². The minimum absolute atomic E-state index is 0.0468. The molecular formula is C12H20N2O4S. The molecule has 2 rings (SSSR count). The number of hydrogen-bond acceptors (Lipinski definition) is 6. The summed E-state index contributed by atoms with van der Waals surface area (Å²) < 4.78 is 33.5. The molecule has 1 unspecified atom stereocenters. The average Bonchev–Trinajstić information content (AvgIpc) is 2.90. The Hall–Kier alpha value is -0.920. The third-order valence-electron chi connectivity index (χ3n) is 3.34. The molecule has 1 aromatic heterocycles. The molecule has 0 saturated carbocycles. The van der Waals surface area contributed by atoms with Crippen molar-refractivity contribution in [2.45, 2.75) is 25.9 Å². The van der Waals surface area contributed by atoms with Crippen LogP contribution < -0.4 is 0 Å². The number of nitrogens with zero attached hydrogens (tertiary/aromatic N) is 2. The predicted octanol–water partition coefficient (Wildman–Crippen LogP) is 0.619. The van der Waals surface area contributed by atoms with E-state index in [0.717, 1.165) is 11.5 Å². The highest BCUT2D eigenvalue weighted by atomic mass is 32.2. The van der Waals surface area contributed by atoms with Gasteiger partial charge in [0.2, 0.25) is 0 Å². The van der Waals surface area contributed by atoms with Gasteiger partial charge >= 0.3 is 0 Å². The second-order valence-electron chi connectivity index (χ2n) is 4.95. The maximum absolute atomic E-state index is 11.6. The van der Waals surface area contributed by atoms with Crippen LogP contribution in [0, 0.1) is 6.92 Å². The summed E-state index contributed by atoms with van der Waals surface area (Å²) in [7, 11) is -1.24. The lowest BCUT2D eigenvalue weighted by molar-refractivity contribution is 0.113. The Balaban J connectivity index is 2.03. The van der Waals surface area contributed by atoms with Crippen LogP contribution in [0.5, 0.6) is 0 Å². The van der Waals surface area contributed by atoms with Crippen LogP contribution in [0.25, 0.3) is 0 Å². The fourth-order valence-electron chi connectivity index (χ4n) is 2.35. The van der Waals surface area contributed by atoms with Crippen molar-refractivity contribution in [3.05, 3.63) is 17.5 Å². The van der Waals surface area contributed by atoms with Gasteiger partial charge in [0.1, 0.15) is 0 Å². The third-order valence-corrected chi connectivity index (χ3v) is 5.09. The number of aryl methyl sites for hydroxylation is 1. The van der Waals surface area contributed by atoms with Gasteiger partial charge in [-0.25, -0.2) is 8.42 Å². The second kappa shape index (κ2) is 6.02. The summed E-state index contributed by atoms with van der Waals surface area (Å²) in [6.07, 6.45) is 0.680. The number of aromatic nitrogens is 1. The van der Waals surface area contributed by atoms with E-state index in [9.17, 15) is 8.42 Å². The SMILES string of the molecule is COCCN(Cc1cc(C)no1)C1CCS(=O)(=O)C1. The lowest BCUT2D eigenvalue weighted by Crippen LogP contribution is -2.37. The lowest BCUT2D eigenvalue weighted by Gasteiger charge is -2.26. The molecule has 0 aromatic carbocycles. The summed E-state index contributed by atoms with van der Waals surface area (Å²) in [6.45, 7) is 3.71. The monoisotopic (exact) mass is 288 g/mol. The minimum Gasteiger partial charge on any atom is -0.383 e. The predicted molar refractivity (Wildman–Crippen MR) is 70.6 cm³/mol. The maximum Gasteiger partial charge on any atom is 0.151 e. The summed E-state index contributed by atoms with van der Waals surface area (Å²) >= 11 is 0. The van der Waals surface area contributed by atoms with Gasteiger partial charge in [-0.05, 0) is 13.3 Å². The maximum atomic E-state index is 11.6. The van der Waals surface area contributed by atoms with Crippen molar-refractivity contribution in [3.8, 4) is 0 Å². The van der Waals surface area contributed by atoms with E-state index in [0.29, 0.717) is 26.1 Å². The Morgan fingerprint density at radius 2 is 2.37 bits per heavy atom. The van der Waals surface area contributed by atoms with Crippen molar-refractivity contribution < 1.29 is 17.7 Å². The summed E-state index contributed by atoms with van der Waals surface area (Å²) in [5.74, 6) is 1.26. The van der Waals surface area contributed by atoms with E-state index in [1.165, 1.54) is 0 Å². The van der Waals surface area contributed by atoms with Gasteiger partial charge in [-0.1, -0.05) is 5.16 Å². The first-order valence-electron chi connectivity index (χ1n) is 6.36. The zero-order valence-electron chi connectivity index (χ0n) is 11.3. The van der Waals surface area contributed by atoms with Crippen LogP contribution in [-0.4, -0.2) is 56.3 Å². The highest BCUT2D eigenvalue weighted by Gasteiger charge is 2.32. The molecule has 7 heteroatoms. The van der Waals surface area contributed by atoms with Gasteiger partial charge in [0, 0.05) is 25.8 Å². The van der Waals surface area contributed by atoms with E-state index in [1.54, 1.807) is 7.11 Å². The Morgan fingerprint density at radius 3 is 2.89 bits per heavy atom. The van der Waals surface area contributed by atoms with Crippen molar-refractivity contribution in [2.24, 2.45) is 0 Å². The molecular weight excluding hydrogens is 268 g/mol. The largest absolute Gasteiger partial charge is 0.383 e. The van der Waals surface area contributed by atoms with Crippen molar-refractivity contribution in [3.63, 3.8) is 0 Å². The van der Waals surface area contributed by atoms with E-state index in [4.69, 9.17) is 9.26 Å². The molecule has 108 valence electrons. The Bertz CT molecular complexity index is 512. The number of methoxy groups -OCH3 is 1. The number of hydrogen-bond donors (Lipinski definition) is 0. The Kier molecular flexibility index (Phi) is 4.59. The van der Waals surface area contributed by atoms with Gasteiger partial charge in [0.05, 0.1) is 30.4 Å². The molecule has 0 bridgehead atoms. The molecule has 1 aliphatic heterocycles. The van der Waals surface area contributed by atoms with Gasteiger partial charge in [0.15, 0.2) is 15.6 Å². The van der Waals surface area contributed by atoms with Crippen molar-refractivity contribution in [2.75, 3.05) is 31.8 Å². The highest BCUT2D eigenvalue weighted by Crippen LogP contribution is 2.20. The van der Waals surface area contributed by atoms with Crippen LogP contribution in [-0.2, 0) is 21.1 Å². The first-order chi connectivity index (χ1) is 9.00. The fourth-order valence-corrected chi connectivity index (χ4v) is 4.12. The highest BCUT2D eigenvalue weighted by molar-refractivity contribution is 7.91. The summed E-state index contributed by atoms with van der Waals surface area (Å²) in [5, 5.41) is 3.85. The van der Waals surface area contributed by atoms with E-state index in [1.807, 2.05) is 13.0 Å². The van der Waals surface area contributed by atoms with E-state index in [-0.39, 0.29) is 17.5 Å². The molecule has 1 aromatic rings. The normalized spacial score (nSPS) is 22.2. The topological polar surface area (TPSA) is 72.6 Å². The summed E-state index contributed by atoms with van der Waals surface area (Å²) in [5.41, 5.74) is 0.834. The molecule has 1 aliphatic rings. The minimum atomic E-state index is -2.88. The fraction of sp³-hybridized carbons (Fsp3) is 0.750. The first kappa shape index (κ1) is 14.5. The van der Waals surface area contributed by atoms with Crippen molar-refractivity contribution in [1.82, 2.24) is 10.1 Å². The van der Waals surface area contributed by atoms with Crippen LogP contribution in [0.4, 0.5) is 0 Å². The molecule has 0 radical (unpaired) electrons. The standard InChI is InChI=1S/C12H20N2O4S/c1-10-7-12(18-13-10)8-14(4-5-17-2)11-3-6-19(15,16)9-11/h7,11H,3-6,8-9H2,1-2H3. The molecule has 6 nitrogen and oxygen atoms in total. The van der Waals surface area contributed by atoms with Crippen molar-refractivity contribution in [1.29, 1.82) is 0 Å². The quantitative estimate of drug-likeness (QED) is 0.764. The van der Waals surface area contributed by atoms with Gasteiger partial charge in [-0.15, -0.1) is 0 Å². The molecule has 1 fully saturated rings. The van der Waals surface area contributed by atoms with Crippen LogP contribution in [0.1, 0.15) is 17.9 Å². The molecule has 19 heavy (non-hydrogen) atoms. The van der Waals surface area contributed by atoms with E-state index in [2.05, 4.69) is 10.1 Å². The van der Waals surface area contributed by atoms with E-state index >= 15 is 0 Å². The second-order valence-corrected chi connectivity index (χ2v) is 7.18. The Labute approximate surface area is 113 Å². The molecule has 0 N–H and O–H groups in total. The number of rotatable bonds is 6. The molecule has 1 saturated heterocycles. The third kappa shape index (κ3) is 4.02. The molecule has 0 spiro atoms. The van der Waals surface area contributed by atoms with Crippen LogP contribution in [0.15, 0.2) is 10.6 Å². The molecule has 2 heterocycles.